The lowest BCUT2D eigenvalue weighted by molar-refractivity contribution is 0.388. The molecule has 0 radical (unpaired) electrons. The van der Waals surface area contributed by atoms with Crippen molar-refractivity contribution in [3.8, 4) is 0 Å². The molecule has 0 unspecified atom stereocenters. The second-order valence-electron chi connectivity index (χ2n) is 1.57. The third-order valence-corrected chi connectivity index (χ3v) is 0.949. The molecule has 48 valence electrons. The summed E-state index contributed by atoms with van der Waals surface area (Å²) in [7, 11) is 3.40. The van der Waals surface area contributed by atoms with E-state index in [0.717, 1.165) is 18.7 Å². The van der Waals surface area contributed by atoms with Crippen molar-refractivity contribution in [2.45, 2.75) is 19.8 Å². The van der Waals surface area contributed by atoms with Gasteiger partial charge < -0.3 is 4.74 Å². The number of nitrogens with zero attached hydrogens (tertiary/aromatic N) is 1. The van der Waals surface area contributed by atoms with Crippen LogP contribution in [0.4, 0.5) is 0 Å². The molecular weight excluding hydrogens is 102 g/mol. The molecule has 0 fully saturated rings. The van der Waals surface area contributed by atoms with E-state index in [1.165, 1.54) is 0 Å². The predicted octanol–water partition coefficient (Wildman–Crippen LogP) is 1.46. The molecule has 0 amide bonds. The highest BCUT2D eigenvalue weighted by Gasteiger charge is 1.90. The molecule has 0 spiro atoms. The molecular formula is C6H13NO. The Morgan fingerprint density at radius 3 is 2.38 bits per heavy atom. The third-order valence-electron chi connectivity index (χ3n) is 0.949. The summed E-state index contributed by atoms with van der Waals surface area (Å²) >= 11 is 0. The summed E-state index contributed by atoms with van der Waals surface area (Å²) in [5.41, 5.74) is 0. The summed E-state index contributed by atoms with van der Waals surface area (Å²) in [6.45, 7) is 2.10. The van der Waals surface area contributed by atoms with Crippen LogP contribution >= 0.6 is 0 Å². The molecule has 0 saturated carbocycles. The van der Waals surface area contributed by atoms with Gasteiger partial charge in [-0.2, -0.15) is 0 Å². The van der Waals surface area contributed by atoms with Crippen LogP contribution < -0.4 is 0 Å². The zero-order valence-electron chi connectivity index (χ0n) is 5.77. The van der Waals surface area contributed by atoms with Crippen molar-refractivity contribution in [1.29, 1.82) is 0 Å². The molecule has 0 aliphatic carbocycles. The van der Waals surface area contributed by atoms with Gasteiger partial charge in [0, 0.05) is 13.5 Å². The SMILES string of the molecule is CCC/C(=N\C)OC. The fraction of sp³-hybridized carbons (Fsp3) is 0.833. The summed E-state index contributed by atoms with van der Waals surface area (Å²) in [5.74, 6) is 0.840. The zero-order valence-corrected chi connectivity index (χ0v) is 5.77. The smallest absolute Gasteiger partial charge is 0.182 e. The fourth-order valence-electron chi connectivity index (χ4n) is 0.519. The Kier molecular flexibility index (Phi) is 4.32. The number of ether oxygens (including phenoxy) is 1. The Balaban J connectivity index is 3.38. The highest BCUT2D eigenvalue weighted by atomic mass is 16.5. The summed E-state index contributed by atoms with van der Waals surface area (Å²) in [4.78, 5) is 3.89. The molecule has 0 saturated heterocycles. The van der Waals surface area contributed by atoms with Gasteiger partial charge in [0.2, 0.25) is 0 Å². The summed E-state index contributed by atoms with van der Waals surface area (Å²) in [5, 5.41) is 0. The van der Waals surface area contributed by atoms with Crippen LogP contribution in [-0.2, 0) is 4.74 Å². The van der Waals surface area contributed by atoms with Gasteiger partial charge in [0.15, 0.2) is 5.90 Å². The molecule has 0 N–H and O–H groups in total. The molecule has 2 heteroatoms. The van der Waals surface area contributed by atoms with E-state index in [9.17, 15) is 0 Å². The van der Waals surface area contributed by atoms with E-state index in [0.29, 0.717) is 0 Å². The minimum absolute atomic E-state index is 0.840. The summed E-state index contributed by atoms with van der Waals surface area (Å²) in [6.07, 6.45) is 2.05. The molecule has 0 atom stereocenters. The van der Waals surface area contributed by atoms with Crippen molar-refractivity contribution in [2.24, 2.45) is 4.99 Å². The van der Waals surface area contributed by atoms with Crippen LogP contribution in [0.2, 0.25) is 0 Å². The van der Waals surface area contributed by atoms with E-state index >= 15 is 0 Å². The van der Waals surface area contributed by atoms with Crippen LogP contribution in [0.5, 0.6) is 0 Å². The van der Waals surface area contributed by atoms with E-state index in [-0.39, 0.29) is 0 Å². The second-order valence-corrected chi connectivity index (χ2v) is 1.57. The zero-order chi connectivity index (χ0) is 6.41. The average Bonchev–Trinajstić information content (AvgIpc) is 1.83. The van der Waals surface area contributed by atoms with Crippen molar-refractivity contribution < 1.29 is 4.74 Å². The molecule has 0 aliphatic heterocycles. The maximum absolute atomic E-state index is 4.89. The van der Waals surface area contributed by atoms with Crippen molar-refractivity contribution in [3.63, 3.8) is 0 Å². The quantitative estimate of drug-likeness (QED) is 0.394. The van der Waals surface area contributed by atoms with Crippen molar-refractivity contribution in [1.82, 2.24) is 0 Å². The lowest BCUT2D eigenvalue weighted by Gasteiger charge is -1.98. The first-order valence-electron chi connectivity index (χ1n) is 2.84. The van der Waals surface area contributed by atoms with Crippen LogP contribution in [0.15, 0.2) is 4.99 Å². The molecule has 2 nitrogen and oxygen atoms in total. The number of hydrogen-bond donors (Lipinski definition) is 0. The van der Waals surface area contributed by atoms with E-state index in [1.807, 2.05) is 0 Å². The first-order chi connectivity index (χ1) is 3.85. The van der Waals surface area contributed by atoms with Gasteiger partial charge in [-0.25, -0.2) is 0 Å². The Morgan fingerprint density at radius 1 is 1.62 bits per heavy atom. The second kappa shape index (κ2) is 4.62. The topological polar surface area (TPSA) is 21.6 Å². The van der Waals surface area contributed by atoms with Gasteiger partial charge in [-0.05, 0) is 6.42 Å². The normalized spacial score (nSPS) is 11.6. The first-order valence-corrected chi connectivity index (χ1v) is 2.84. The molecule has 0 aromatic carbocycles. The fourth-order valence-corrected chi connectivity index (χ4v) is 0.519. The lowest BCUT2D eigenvalue weighted by Crippen LogP contribution is -1.98. The maximum Gasteiger partial charge on any atom is 0.182 e. The molecule has 0 heterocycles. The van der Waals surface area contributed by atoms with E-state index in [2.05, 4.69) is 11.9 Å². The Morgan fingerprint density at radius 2 is 2.25 bits per heavy atom. The van der Waals surface area contributed by atoms with E-state index < -0.39 is 0 Å². The largest absolute Gasteiger partial charge is 0.484 e. The van der Waals surface area contributed by atoms with Crippen LogP contribution in [0.1, 0.15) is 19.8 Å². The number of methoxy groups -OCH3 is 1. The molecule has 0 bridgehead atoms. The van der Waals surface area contributed by atoms with Crippen molar-refractivity contribution in [3.05, 3.63) is 0 Å². The van der Waals surface area contributed by atoms with Gasteiger partial charge in [0.1, 0.15) is 0 Å². The van der Waals surface area contributed by atoms with Crippen LogP contribution in [0.3, 0.4) is 0 Å². The third kappa shape index (κ3) is 2.61. The molecule has 0 aromatic heterocycles. The lowest BCUT2D eigenvalue weighted by atomic mass is 10.3. The monoisotopic (exact) mass is 115 g/mol. The Labute approximate surface area is 50.6 Å². The average molecular weight is 115 g/mol. The van der Waals surface area contributed by atoms with Gasteiger partial charge in [0.05, 0.1) is 7.11 Å². The summed E-state index contributed by atoms with van der Waals surface area (Å²) < 4.78 is 4.89. The maximum atomic E-state index is 4.89. The highest BCUT2D eigenvalue weighted by Crippen LogP contribution is 1.90. The van der Waals surface area contributed by atoms with Gasteiger partial charge >= 0.3 is 0 Å². The van der Waals surface area contributed by atoms with Crippen LogP contribution in [-0.4, -0.2) is 20.1 Å². The van der Waals surface area contributed by atoms with Gasteiger partial charge in [0.25, 0.3) is 0 Å². The van der Waals surface area contributed by atoms with Crippen LogP contribution in [0, 0.1) is 0 Å². The molecule has 8 heavy (non-hydrogen) atoms. The van der Waals surface area contributed by atoms with E-state index in [4.69, 9.17) is 4.74 Å². The molecule has 0 rings (SSSR count). The number of rotatable bonds is 2. The van der Waals surface area contributed by atoms with Gasteiger partial charge in [-0.1, -0.05) is 6.92 Å². The number of hydrogen-bond acceptors (Lipinski definition) is 2. The van der Waals surface area contributed by atoms with Crippen molar-refractivity contribution >= 4 is 5.90 Å². The highest BCUT2D eigenvalue weighted by molar-refractivity contribution is 5.75. The molecule has 0 aliphatic rings. The molecule has 0 aromatic rings. The minimum atomic E-state index is 0.840. The minimum Gasteiger partial charge on any atom is -0.484 e. The Hall–Kier alpha value is -0.530. The first kappa shape index (κ1) is 7.47. The Bertz CT molecular complexity index is 78.6. The van der Waals surface area contributed by atoms with Gasteiger partial charge in [-0.3, -0.25) is 4.99 Å². The van der Waals surface area contributed by atoms with Gasteiger partial charge in [-0.15, -0.1) is 0 Å². The standard InChI is InChI=1S/C6H13NO/c1-4-5-6(7-2)8-3/h4-5H2,1-3H3/b7-6+. The predicted molar refractivity (Wildman–Crippen MR) is 35.3 cm³/mol. The van der Waals surface area contributed by atoms with Crippen molar-refractivity contribution in [2.75, 3.05) is 14.2 Å². The van der Waals surface area contributed by atoms with E-state index in [1.54, 1.807) is 14.2 Å². The van der Waals surface area contributed by atoms with Crippen LogP contribution in [0.25, 0.3) is 0 Å². The number of aliphatic imine (C=N–C) groups is 1. The summed E-state index contributed by atoms with van der Waals surface area (Å²) in [6, 6.07) is 0.